The molecule has 0 saturated carbocycles. The largest absolute Gasteiger partial charge is 0.205 e. The van der Waals surface area contributed by atoms with Gasteiger partial charge in [-0.3, -0.25) is 0 Å². The standard InChI is InChI=1S/C7H4BrClFI/c8-5-1-4(3-9)7(10)6(11)2-5/h1-2H,3H2. The summed E-state index contributed by atoms with van der Waals surface area (Å²) < 4.78 is 14.5. The van der Waals surface area contributed by atoms with Crippen LogP contribution >= 0.6 is 50.1 Å². The van der Waals surface area contributed by atoms with Crippen LogP contribution in [-0.4, -0.2) is 0 Å². The van der Waals surface area contributed by atoms with Crippen LogP contribution in [-0.2, 0) is 5.88 Å². The molecule has 0 heterocycles. The Morgan fingerprint density at radius 1 is 1.55 bits per heavy atom. The Hall–Kier alpha value is 0.650. The fourth-order valence-corrected chi connectivity index (χ4v) is 2.52. The lowest BCUT2D eigenvalue weighted by Crippen LogP contribution is -1.89. The van der Waals surface area contributed by atoms with Crippen LogP contribution in [0, 0.1) is 9.39 Å². The second kappa shape index (κ2) is 4.05. The van der Waals surface area contributed by atoms with Crippen molar-refractivity contribution in [3.05, 3.63) is 31.6 Å². The molecule has 1 aromatic carbocycles. The van der Waals surface area contributed by atoms with Gasteiger partial charge in [0.25, 0.3) is 0 Å². The number of hydrogen-bond donors (Lipinski definition) is 0. The van der Waals surface area contributed by atoms with Gasteiger partial charge in [-0.25, -0.2) is 4.39 Å². The zero-order valence-corrected chi connectivity index (χ0v) is 9.87. The number of rotatable bonds is 1. The van der Waals surface area contributed by atoms with Crippen molar-refractivity contribution in [3.63, 3.8) is 0 Å². The second-order valence-electron chi connectivity index (χ2n) is 1.99. The predicted octanol–water partition coefficient (Wildman–Crippen LogP) is 3.93. The third-order valence-corrected chi connectivity index (χ3v) is 2.74. The lowest BCUT2D eigenvalue weighted by Gasteiger charge is -2.01. The second-order valence-corrected chi connectivity index (χ2v) is 4.34. The molecule has 0 N–H and O–H groups in total. The van der Waals surface area contributed by atoms with Gasteiger partial charge in [0.2, 0.25) is 0 Å². The molecule has 0 amide bonds. The first-order valence-corrected chi connectivity index (χ1v) is 5.25. The molecule has 0 bridgehead atoms. The quantitative estimate of drug-likeness (QED) is 0.409. The summed E-state index contributed by atoms with van der Waals surface area (Å²) in [6.45, 7) is 0. The molecule has 0 atom stereocenters. The summed E-state index contributed by atoms with van der Waals surface area (Å²) in [5.74, 6) is -0.00911. The zero-order valence-electron chi connectivity index (χ0n) is 5.37. The van der Waals surface area contributed by atoms with E-state index < -0.39 is 0 Å². The average molecular weight is 349 g/mol. The van der Waals surface area contributed by atoms with Crippen molar-refractivity contribution >= 4 is 50.1 Å². The van der Waals surface area contributed by atoms with Gasteiger partial charge in [0.05, 0.1) is 9.45 Å². The van der Waals surface area contributed by atoms with Crippen LogP contribution < -0.4 is 0 Å². The van der Waals surface area contributed by atoms with Crippen LogP contribution in [0.4, 0.5) is 4.39 Å². The van der Waals surface area contributed by atoms with Crippen LogP contribution in [0.25, 0.3) is 0 Å². The van der Waals surface area contributed by atoms with Gasteiger partial charge in [-0.1, -0.05) is 15.9 Å². The van der Waals surface area contributed by atoms with Crippen molar-refractivity contribution in [3.8, 4) is 0 Å². The smallest absolute Gasteiger partial charge is 0.140 e. The van der Waals surface area contributed by atoms with Gasteiger partial charge in [0, 0.05) is 10.0 Å². The molecule has 1 aromatic rings. The van der Waals surface area contributed by atoms with Gasteiger partial charge >= 0.3 is 0 Å². The van der Waals surface area contributed by atoms with Gasteiger partial charge in [0.1, 0.15) is 5.82 Å². The maximum Gasteiger partial charge on any atom is 0.140 e. The molecule has 0 saturated heterocycles. The molecule has 0 fully saturated rings. The zero-order chi connectivity index (χ0) is 8.43. The van der Waals surface area contributed by atoms with Crippen LogP contribution in [0.3, 0.4) is 0 Å². The van der Waals surface area contributed by atoms with Crippen molar-refractivity contribution in [2.24, 2.45) is 0 Å². The number of benzene rings is 1. The topological polar surface area (TPSA) is 0 Å². The van der Waals surface area contributed by atoms with Crippen molar-refractivity contribution < 1.29 is 4.39 Å². The van der Waals surface area contributed by atoms with Gasteiger partial charge in [-0.15, -0.1) is 11.6 Å². The molecule has 0 aliphatic rings. The summed E-state index contributed by atoms with van der Waals surface area (Å²) in [6.07, 6.45) is 0. The molecule has 0 spiro atoms. The highest BCUT2D eigenvalue weighted by molar-refractivity contribution is 14.1. The van der Waals surface area contributed by atoms with E-state index in [2.05, 4.69) is 15.9 Å². The van der Waals surface area contributed by atoms with Crippen LogP contribution in [0.15, 0.2) is 16.6 Å². The summed E-state index contributed by atoms with van der Waals surface area (Å²) in [5.41, 5.74) is 0.533. The number of halogens is 4. The van der Waals surface area contributed by atoms with E-state index in [1.54, 1.807) is 12.1 Å². The monoisotopic (exact) mass is 348 g/mol. The molecule has 0 aliphatic heterocycles. The van der Waals surface area contributed by atoms with E-state index in [1.165, 1.54) is 0 Å². The predicted molar refractivity (Wildman–Crippen MR) is 56.4 cm³/mol. The molecule has 1 rings (SSSR count). The first-order chi connectivity index (χ1) is 5.15. The van der Waals surface area contributed by atoms with Crippen LogP contribution in [0.2, 0.25) is 0 Å². The number of hydrogen-bond acceptors (Lipinski definition) is 0. The third kappa shape index (κ3) is 2.29. The lowest BCUT2D eigenvalue weighted by atomic mass is 10.2. The highest BCUT2D eigenvalue weighted by atomic mass is 127. The minimum Gasteiger partial charge on any atom is -0.205 e. The van der Waals surface area contributed by atoms with Gasteiger partial charge in [-0.2, -0.15) is 0 Å². The Morgan fingerprint density at radius 3 is 2.73 bits per heavy atom. The van der Waals surface area contributed by atoms with Crippen LogP contribution in [0.1, 0.15) is 5.56 Å². The summed E-state index contributed by atoms with van der Waals surface area (Å²) in [4.78, 5) is 0. The van der Waals surface area contributed by atoms with E-state index in [-0.39, 0.29) is 11.7 Å². The molecule has 0 unspecified atom stereocenters. The Bertz CT molecular complexity index is 277. The summed E-state index contributed by atoms with van der Waals surface area (Å²) >= 11 is 10.7. The molecule has 60 valence electrons. The van der Waals surface area contributed by atoms with Gasteiger partial charge < -0.3 is 0 Å². The molecule has 0 nitrogen and oxygen atoms in total. The fraction of sp³-hybridized carbons (Fsp3) is 0.143. The minimum absolute atomic E-state index is 0.210. The lowest BCUT2D eigenvalue weighted by molar-refractivity contribution is 0.609. The summed E-state index contributed by atoms with van der Waals surface area (Å²) in [6, 6.07) is 3.40. The molecule has 0 aromatic heterocycles. The minimum atomic E-state index is -0.219. The van der Waals surface area contributed by atoms with Crippen molar-refractivity contribution in [1.29, 1.82) is 0 Å². The first-order valence-electron chi connectivity index (χ1n) is 2.84. The van der Waals surface area contributed by atoms with E-state index in [4.69, 9.17) is 11.6 Å². The molecule has 0 radical (unpaired) electrons. The third-order valence-electron chi connectivity index (χ3n) is 1.21. The van der Waals surface area contributed by atoms with E-state index in [0.29, 0.717) is 9.13 Å². The molecular formula is C7H4BrClFI. The molecule has 0 aliphatic carbocycles. The first kappa shape index (κ1) is 9.74. The molecule has 4 heteroatoms. The highest BCUT2D eigenvalue weighted by Crippen LogP contribution is 2.22. The maximum atomic E-state index is 13.1. The van der Waals surface area contributed by atoms with Gasteiger partial charge in [0.15, 0.2) is 0 Å². The SMILES string of the molecule is Fc1c(I)cc(Br)cc1CCl. The Kier molecular flexibility index (Phi) is 3.58. The molecule has 11 heavy (non-hydrogen) atoms. The van der Waals surface area contributed by atoms with E-state index in [9.17, 15) is 4.39 Å². The maximum absolute atomic E-state index is 13.1. The van der Waals surface area contributed by atoms with Crippen molar-refractivity contribution in [2.45, 2.75) is 5.88 Å². The van der Waals surface area contributed by atoms with E-state index in [0.717, 1.165) is 4.47 Å². The number of alkyl halides is 1. The molecular weight excluding hydrogens is 345 g/mol. The summed E-state index contributed by atoms with van der Waals surface area (Å²) in [5, 5.41) is 0. The highest BCUT2D eigenvalue weighted by Gasteiger charge is 2.06. The van der Waals surface area contributed by atoms with E-state index >= 15 is 0 Å². The Balaban J connectivity index is 3.24. The van der Waals surface area contributed by atoms with Crippen molar-refractivity contribution in [1.82, 2.24) is 0 Å². The van der Waals surface area contributed by atoms with Crippen LogP contribution in [0.5, 0.6) is 0 Å². The average Bonchev–Trinajstić information content (AvgIpc) is 1.96. The van der Waals surface area contributed by atoms with Crippen molar-refractivity contribution in [2.75, 3.05) is 0 Å². The fourth-order valence-electron chi connectivity index (χ4n) is 0.707. The van der Waals surface area contributed by atoms with Gasteiger partial charge in [-0.05, 0) is 34.7 Å². The summed E-state index contributed by atoms with van der Waals surface area (Å²) in [7, 11) is 0. The van der Waals surface area contributed by atoms with E-state index in [1.807, 2.05) is 22.6 Å². The normalized spacial score (nSPS) is 10.2. The Labute approximate surface area is 91.4 Å². The Morgan fingerprint density at radius 2 is 2.18 bits per heavy atom.